The number of aliphatic imine (C=N–C) groups is 1. The highest BCUT2D eigenvalue weighted by Crippen LogP contribution is 2.23. The molecule has 0 heterocycles. The fourth-order valence-corrected chi connectivity index (χ4v) is 5.16. The molecule has 170 valence electrons. The predicted octanol–water partition coefficient (Wildman–Crippen LogP) is 4.63. The molecule has 31 heavy (non-hydrogen) atoms. The number of nitrogens with zero attached hydrogens (tertiary/aromatic N) is 1. The lowest BCUT2D eigenvalue weighted by atomic mass is 9.95. The van der Waals surface area contributed by atoms with Crippen molar-refractivity contribution in [3.63, 3.8) is 0 Å². The van der Waals surface area contributed by atoms with Gasteiger partial charge in [-0.25, -0.2) is 0 Å². The highest BCUT2D eigenvalue weighted by molar-refractivity contribution is 14.0. The lowest BCUT2D eigenvalue weighted by Gasteiger charge is -2.30. The zero-order valence-corrected chi connectivity index (χ0v) is 21.5. The monoisotopic (exact) mass is 555 g/mol. The van der Waals surface area contributed by atoms with Gasteiger partial charge in [-0.05, 0) is 42.5 Å². The van der Waals surface area contributed by atoms with E-state index in [2.05, 4.69) is 39.9 Å². The van der Waals surface area contributed by atoms with E-state index in [-0.39, 0.29) is 24.0 Å². The summed E-state index contributed by atoms with van der Waals surface area (Å²) in [4.78, 5) is 4.37. The van der Waals surface area contributed by atoms with Crippen molar-refractivity contribution in [3.8, 4) is 5.75 Å². The van der Waals surface area contributed by atoms with E-state index in [1.165, 1.54) is 0 Å². The number of hydrogen-bond acceptors (Lipinski definition) is 3. The van der Waals surface area contributed by atoms with Crippen LogP contribution in [0.1, 0.15) is 43.7 Å². The normalized spacial score (nSPS) is 19.7. The Kier molecular flexibility index (Phi) is 11.4. The summed E-state index contributed by atoms with van der Waals surface area (Å²) in [5, 5.41) is 7.22. The number of guanidine groups is 1. The van der Waals surface area contributed by atoms with E-state index < -0.39 is 10.8 Å². The highest BCUT2D eigenvalue weighted by atomic mass is 127. The standard InChI is InChI=1S/C24H33N3O2S.HI/c1-3-30(28)23-14-8-12-21(16-23)27-24(25-2)26-17-20-11-7-13-22(15-20)29-18-19-9-5-4-6-10-19;/h4-7,9-11,13,15,21,23H,3,8,12,14,16-18H2,1-2H3,(H2,25,26,27);1H. The smallest absolute Gasteiger partial charge is 0.191 e. The summed E-state index contributed by atoms with van der Waals surface area (Å²) >= 11 is 0. The Hall–Kier alpha value is -1.61. The first-order valence-electron chi connectivity index (χ1n) is 10.8. The minimum atomic E-state index is -0.717. The van der Waals surface area contributed by atoms with E-state index in [4.69, 9.17) is 4.74 Å². The third-order valence-corrected chi connectivity index (χ3v) is 7.19. The van der Waals surface area contributed by atoms with E-state index in [0.29, 0.717) is 24.4 Å². The van der Waals surface area contributed by atoms with Gasteiger partial charge in [0.1, 0.15) is 12.4 Å². The van der Waals surface area contributed by atoms with Gasteiger partial charge in [0, 0.05) is 41.4 Å². The fourth-order valence-electron chi connectivity index (χ4n) is 3.81. The molecule has 2 aromatic rings. The van der Waals surface area contributed by atoms with Crippen LogP contribution in [0.5, 0.6) is 5.75 Å². The van der Waals surface area contributed by atoms with Gasteiger partial charge in [0.2, 0.25) is 0 Å². The quantitative estimate of drug-likeness (QED) is 0.284. The summed E-state index contributed by atoms with van der Waals surface area (Å²) < 4.78 is 18.1. The van der Waals surface area contributed by atoms with Crippen LogP contribution in [-0.2, 0) is 24.0 Å². The zero-order valence-electron chi connectivity index (χ0n) is 18.4. The van der Waals surface area contributed by atoms with Gasteiger partial charge < -0.3 is 15.4 Å². The molecule has 0 spiro atoms. The second kappa shape index (κ2) is 13.7. The third-order valence-electron chi connectivity index (χ3n) is 5.45. The molecule has 3 atom stereocenters. The van der Waals surface area contributed by atoms with Gasteiger partial charge in [-0.15, -0.1) is 24.0 Å². The van der Waals surface area contributed by atoms with E-state index in [1.54, 1.807) is 7.05 Å². The van der Waals surface area contributed by atoms with E-state index in [0.717, 1.165) is 54.3 Å². The summed E-state index contributed by atoms with van der Waals surface area (Å²) in [6.07, 6.45) is 4.23. The zero-order chi connectivity index (χ0) is 21.2. The SMILES string of the molecule is CCS(=O)C1CCCC(NC(=NC)NCc2cccc(OCc3ccccc3)c2)C1.I. The Morgan fingerprint density at radius 1 is 1.13 bits per heavy atom. The largest absolute Gasteiger partial charge is 0.489 e. The van der Waals surface area contributed by atoms with Gasteiger partial charge in [0.15, 0.2) is 5.96 Å². The fraction of sp³-hybridized carbons (Fsp3) is 0.458. The summed E-state index contributed by atoms with van der Waals surface area (Å²) in [5.41, 5.74) is 2.29. The van der Waals surface area contributed by atoms with Crippen LogP contribution >= 0.6 is 24.0 Å². The van der Waals surface area contributed by atoms with Crippen LogP contribution in [0.15, 0.2) is 59.6 Å². The number of benzene rings is 2. The van der Waals surface area contributed by atoms with Crippen molar-refractivity contribution in [1.29, 1.82) is 0 Å². The van der Waals surface area contributed by atoms with Crippen molar-refractivity contribution < 1.29 is 8.95 Å². The molecule has 7 heteroatoms. The van der Waals surface area contributed by atoms with Crippen LogP contribution < -0.4 is 15.4 Å². The first-order valence-corrected chi connectivity index (χ1v) is 12.2. The molecular weight excluding hydrogens is 521 g/mol. The van der Waals surface area contributed by atoms with Crippen LogP contribution in [0.3, 0.4) is 0 Å². The second-order valence-corrected chi connectivity index (χ2v) is 9.65. The molecular formula is C24H34IN3O2S. The van der Waals surface area contributed by atoms with Crippen LogP contribution in [0.2, 0.25) is 0 Å². The molecule has 1 aliphatic carbocycles. The predicted molar refractivity (Wildman–Crippen MR) is 141 cm³/mol. The molecule has 1 aliphatic rings. The van der Waals surface area contributed by atoms with Gasteiger partial charge in [-0.3, -0.25) is 9.20 Å². The Morgan fingerprint density at radius 2 is 1.90 bits per heavy atom. The van der Waals surface area contributed by atoms with Crippen molar-refractivity contribution in [2.45, 2.75) is 57.1 Å². The average Bonchev–Trinajstić information content (AvgIpc) is 2.81. The summed E-state index contributed by atoms with van der Waals surface area (Å²) in [6.45, 7) is 3.23. The molecule has 0 saturated heterocycles. The molecule has 1 saturated carbocycles. The van der Waals surface area contributed by atoms with Crippen molar-refractivity contribution >= 4 is 40.7 Å². The Labute approximate surface area is 205 Å². The minimum absolute atomic E-state index is 0. The molecule has 0 aromatic heterocycles. The molecule has 0 aliphatic heterocycles. The van der Waals surface area contributed by atoms with Crippen LogP contribution in [0, 0.1) is 0 Å². The van der Waals surface area contributed by atoms with Crippen molar-refractivity contribution in [2.75, 3.05) is 12.8 Å². The first-order chi connectivity index (χ1) is 14.7. The topological polar surface area (TPSA) is 62.7 Å². The van der Waals surface area contributed by atoms with Crippen LogP contribution in [0.25, 0.3) is 0 Å². The molecule has 5 nitrogen and oxygen atoms in total. The molecule has 2 N–H and O–H groups in total. The Balaban J connectivity index is 0.00000341. The number of rotatable bonds is 8. The van der Waals surface area contributed by atoms with Gasteiger partial charge >= 0.3 is 0 Å². The van der Waals surface area contributed by atoms with Crippen LogP contribution in [0.4, 0.5) is 0 Å². The maximum Gasteiger partial charge on any atom is 0.191 e. The van der Waals surface area contributed by atoms with Crippen molar-refractivity contribution in [1.82, 2.24) is 10.6 Å². The van der Waals surface area contributed by atoms with E-state index in [9.17, 15) is 4.21 Å². The molecule has 0 radical (unpaired) electrons. The maximum absolute atomic E-state index is 12.2. The third kappa shape index (κ3) is 8.44. The summed E-state index contributed by atoms with van der Waals surface area (Å²) in [6, 6.07) is 18.6. The molecule has 2 aromatic carbocycles. The van der Waals surface area contributed by atoms with E-state index in [1.807, 2.05) is 37.3 Å². The minimum Gasteiger partial charge on any atom is -0.489 e. The van der Waals surface area contributed by atoms with Crippen LogP contribution in [-0.4, -0.2) is 34.3 Å². The Bertz CT molecular complexity index is 848. The first kappa shape index (κ1) is 25.6. The Morgan fingerprint density at radius 3 is 2.65 bits per heavy atom. The highest BCUT2D eigenvalue weighted by Gasteiger charge is 2.26. The number of ether oxygens (including phenoxy) is 1. The van der Waals surface area contributed by atoms with Crippen molar-refractivity contribution in [2.24, 2.45) is 4.99 Å². The van der Waals surface area contributed by atoms with Gasteiger partial charge in [-0.1, -0.05) is 55.8 Å². The maximum atomic E-state index is 12.2. The number of nitrogens with one attached hydrogen (secondary N) is 2. The summed E-state index contributed by atoms with van der Waals surface area (Å²) in [5.74, 6) is 2.39. The molecule has 3 unspecified atom stereocenters. The molecule has 0 bridgehead atoms. The average molecular weight is 556 g/mol. The number of halogens is 1. The van der Waals surface area contributed by atoms with E-state index >= 15 is 0 Å². The van der Waals surface area contributed by atoms with Gasteiger partial charge in [0.05, 0.1) is 0 Å². The second-order valence-electron chi connectivity index (χ2n) is 7.65. The van der Waals surface area contributed by atoms with Gasteiger partial charge in [0.25, 0.3) is 0 Å². The van der Waals surface area contributed by atoms with Gasteiger partial charge in [-0.2, -0.15) is 0 Å². The molecule has 3 rings (SSSR count). The number of hydrogen-bond donors (Lipinski definition) is 2. The summed E-state index contributed by atoms with van der Waals surface area (Å²) in [7, 11) is 1.07. The lowest BCUT2D eigenvalue weighted by Crippen LogP contribution is -2.46. The van der Waals surface area contributed by atoms with Crippen molar-refractivity contribution in [3.05, 3.63) is 65.7 Å². The molecule has 1 fully saturated rings. The lowest BCUT2D eigenvalue weighted by molar-refractivity contribution is 0.306. The molecule has 0 amide bonds.